The van der Waals surface area contributed by atoms with E-state index in [-0.39, 0.29) is 0 Å². The van der Waals surface area contributed by atoms with Crippen LogP contribution >= 0.6 is 0 Å². The van der Waals surface area contributed by atoms with Crippen LogP contribution in [0.3, 0.4) is 0 Å². The predicted molar refractivity (Wildman–Crippen MR) is 56.3 cm³/mol. The molecule has 0 spiro atoms. The second-order valence-corrected chi connectivity index (χ2v) is 3.83. The first-order valence-corrected chi connectivity index (χ1v) is 5.32. The van der Waals surface area contributed by atoms with Crippen molar-refractivity contribution in [3.05, 3.63) is 0 Å². The average Bonchev–Trinajstić information content (AvgIpc) is 2.25. The minimum absolute atomic E-state index is 0.385. The van der Waals surface area contributed by atoms with Gasteiger partial charge in [-0.15, -0.1) is 0 Å². The molecule has 2 N–H and O–H groups in total. The molecule has 4 heteroatoms. The van der Waals surface area contributed by atoms with Crippen LogP contribution in [0.5, 0.6) is 0 Å². The molecular formula is C10H22N2O2. The topological polar surface area (TPSA) is 47.7 Å². The highest BCUT2D eigenvalue weighted by Gasteiger charge is 2.25. The number of methoxy groups -OCH3 is 1. The summed E-state index contributed by atoms with van der Waals surface area (Å²) in [5, 5.41) is 0. The number of ether oxygens (including phenoxy) is 2. The van der Waals surface area contributed by atoms with E-state index in [0.717, 1.165) is 32.8 Å². The maximum Gasteiger partial charge on any atom is 0.0634 e. The summed E-state index contributed by atoms with van der Waals surface area (Å²) in [5.74, 6) is 0. The molecule has 84 valence electrons. The highest BCUT2D eigenvalue weighted by molar-refractivity contribution is 4.80. The van der Waals surface area contributed by atoms with Crippen molar-refractivity contribution in [1.29, 1.82) is 0 Å². The Morgan fingerprint density at radius 2 is 2.43 bits per heavy atom. The van der Waals surface area contributed by atoms with Crippen molar-refractivity contribution >= 4 is 0 Å². The van der Waals surface area contributed by atoms with Gasteiger partial charge in [-0.05, 0) is 13.3 Å². The van der Waals surface area contributed by atoms with Crippen molar-refractivity contribution in [3.63, 3.8) is 0 Å². The van der Waals surface area contributed by atoms with Crippen molar-refractivity contribution in [2.45, 2.75) is 25.4 Å². The van der Waals surface area contributed by atoms with Crippen molar-refractivity contribution in [2.75, 3.05) is 40.0 Å². The summed E-state index contributed by atoms with van der Waals surface area (Å²) in [7, 11) is 1.74. The predicted octanol–water partition coefficient (Wildman–Crippen LogP) is 0.0709. The Morgan fingerprint density at radius 3 is 3.07 bits per heavy atom. The van der Waals surface area contributed by atoms with Crippen LogP contribution in [0.15, 0.2) is 0 Å². The van der Waals surface area contributed by atoms with Gasteiger partial charge in [-0.2, -0.15) is 0 Å². The van der Waals surface area contributed by atoms with E-state index in [1.807, 2.05) is 0 Å². The lowest BCUT2D eigenvalue weighted by molar-refractivity contribution is -0.0269. The number of hydrogen-bond donors (Lipinski definition) is 1. The van der Waals surface area contributed by atoms with Gasteiger partial charge in [-0.1, -0.05) is 0 Å². The minimum Gasteiger partial charge on any atom is -0.385 e. The lowest BCUT2D eigenvalue weighted by Crippen LogP contribution is -2.53. The number of morpholine rings is 1. The Bertz CT molecular complexity index is 155. The summed E-state index contributed by atoms with van der Waals surface area (Å²) >= 11 is 0. The lowest BCUT2D eigenvalue weighted by Gasteiger charge is -2.39. The average molecular weight is 202 g/mol. The van der Waals surface area contributed by atoms with E-state index < -0.39 is 0 Å². The van der Waals surface area contributed by atoms with Gasteiger partial charge in [-0.25, -0.2) is 0 Å². The number of nitrogens with two attached hydrogens (primary N) is 1. The van der Waals surface area contributed by atoms with E-state index in [9.17, 15) is 0 Å². The van der Waals surface area contributed by atoms with Crippen molar-refractivity contribution in [3.8, 4) is 0 Å². The van der Waals surface area contributed by atoms with Crippen LogP contribution in [0.25, 0.3) is 0 Å². The fourth-order valence-electron chi connectivity index (χ4n) is 1.91. The molecule has 1 fully saturated rings. The Labute approximate surface area is 86.3 Å². The summed E-state index contributed by atoms with van der Waals surface area (Å²) in [6.45, 7) is 6.31. The van der Waals surface area contributed by atoms with E-state index in [0.29, 0.717) is 18.6 Å². The second kappa shape index (κ2) is 6.35. The third-order valence-corrected chi connectivity index (χ3v) is 2.85. The minimum atomic E-state index is 0.385. The van der Waals surface area contributed by atoms with Crippen LogP contribution in [0.4, 0.5) is 0 Å². The van der Waals surface area contributed by atoms with E-state index in [1.165, 1.54) is 0 Å². The monoisotopic (exact) mass is 202 g/mol. The fraction of sp³-hybridized carbons (Fsp3) is 1.00. The number of rotatable bonds is 5. The Hall–Kier alpha value is -0.160. The van der Waals surface area contributed by atoms with Crippen molar-refractivity contribution < 1.29 is 9.47 Å². The van der Waals surface area contributed by atoms with Gasteiger partial charge in [0, 0.05) is 38.9 Å². The SMILES string of the molecule is COCCC(C)N1CCOCC1CN. The Balaban J connectivity index is 2.37. The van der Waals surface area contributed by atoms with Gasteiger partial charge in [0.1, 0.15) is 0 Å². The third-order valence-electron chi connectivity index (χ3n) is 2.85. The largest absolute Gasteiger partial charge is 0.385 e. The van der Waals surface area contributed by atoms with Gasteiger partial charge in [0.15, 0.2) is 0 Å². The van der Waals surface area contributed by atoms with Crippen molar-refractivity contribution in [2.24, 2.45) is 5.73 Å². The van der Waals surface area contributed by atoms with Crippen LogP contribution in [-0.2, 0) is 9.47 Å². The smallest absolute Gasteiger partial charge is 0.0634 e. The summed E-state index contributed by atoms with van der Waals surface area (Å²) in [6.07, 6.45) is 1.06. The van der Waals surface area contributed by atoms with Gasteiger partial charge in [0.05, 0.1) is 13.2 Å². The molecule has 1 rings (SSSR count). The first-order valence-electron chi connectivity index (χ1n) is 5.32. The molecule has 14 heavy (non-hydrogen) atoms. The molecule has 1 heterocycles. The van der Waals surface area contributed by atoms with Crippen molar-refractivity contribution in [1.82, 2.24) is 4.90 Å². The molecule has 0 aliphatic carbocycles. The molecule has 1 saturated heterocycles. The van der Waals surface area contributed by atoms with Gasteiger partial charge < -0.3 is 15.2 Å². The quantitative estimate of drug-likeness (QED) is 0.685. The van der Waals surface area contributed by atoms with Crippen LogP contribution in [0.1, 0.15) is 13.3 Å². The number of hydrogen-bond acceptors (Lipinski definition) is 4. The van der Waals surface area contributed by atoms with E-state index in [1.54, 1.807) is 7.11 Å². The summed E-state index contributed by atoms with van der Waals surface area (Å²) in [6, 6.07) is 0.919. The molecule has 0 bridgehead atoms. The molecule has 0 saturated carbocycles. The zero-order valence-electron chi connectivity index (χ0n) is 9.24. The highest BCUT2D eigenvalue weighted by Crippen LogP contribution is 2.12. The maximum absolute atomic E-state index is 5.71. The first kappa shape index (κ1) is 11.9. The van der Waals surface area contributed by atoms with E-state index >= 15 is 0 Å². The summed E-state index contributed by atoms with van der Waals surface area (Å²) in [5.41, 5.74) is 5.71. The van der Waals surface area contributed by atoms with Crippen LogP contribution in [-0.4, -0.2) is 57.0 Å². The lowest BCUT2D eigenvalue weighted by atomic mass is 10.1. The molecule has 4 nitrogen and oxygen atoms in total. The fourth-order valence-corrected chi connectivity index (χ4v) is 1.91. The molecule has 1 aliphatic rings. The summed E-state index contributed by atoms with van der Waals surface area (Å²) in [4.78, 5) is 2.43. The van der Waals surface area contributed by atoms with E-state index in [2.05, 4.69) is 11.8 Å². The molecule has 0 aromatic carbocycles. The van der Waals surface area contributed by atoms with E-state index in [4.69, 9.17) is 15.2 Å². The van der Waals surface area contributed by atoms with Crippen LogP contribution < -0.4 is 5.73 Å². The van der Waals surface area contributed by atoms with Gasteiger partial charge in [0.2, 0.25) is 0 Å². The third kappa shape index (κ3) is 3.20. The molecule has 2 unspecified atom stereocenters. The molecule has 0 radical (unpaired) electrons. The van der Waals surface area contributed by atoms with Gasteiger partial charge in [-0.3, -0.25) is 4.90 Å². The van der Waals surface area contributed by atoms with Gasteiger partial charge >= 0.3 is 0 Å². The highest BCUT2D eigenvalue weighted by atomic mass is 16.5. The maximum atomic E-state index is 5.71. The molecule has 1 aliphatic heterocycles. The number of nitrogens with zero attached hydrogens (tertiary/aromatic N) is 1. The normalized spacial score (nSPS) is 26.4. The first-order chi connectivity index (χ1) is 6.79. The Morgan fingerprint density at radius 1 is 1.64 bits per heavy atom. The van der Waals surface area contributed by atoms with Gasteiger partial charge in [0.25, 0.3) is 0 Å². The van der Waals surface area contributed by atoms with Crippen LogP contribution in [0, 0.1) is 0 Å². The standard InChI is InChI=1S/C10H22N2O2/c1-9(3-5-13-2)12-4-6-14-8-10(12)7-11/h9-10H,3-8,11H2,1-2H3. The molecule has 0 aromatic heterocycles. The second-order valence-electron chi connectivity index (χ2n) is 3.83. The zero-order valence-corrected chi connectivity index (χ0v) is 9.24. The summed E-state index contributed by atoms with van der Waals surface area (Å²) < 4.78 is 10.5. The van der Waals surface area contributed by atoms with Crippen LogP contribution in [0.2, 0.25) is 0 Å². The molecular weight excluding hydrogens is 180 g/mol. The zero-order chi connectivity index (χ0) is 10.4. The molecule has 2 atom stereocenters. The molecule has 0 amide bonds. The Kier molecular flexibility index (Phi) is 5.40. The molecule has 0 aromatic rings.